The van der Waals surface area contributed by atoms with E-state index < -0.39 is 106 Å². The molecule has 16 heteroatoms. The van der Waals surface area contributed by atoms with Gasteiger partial charge in [-0.1, -0.05) is 23.2 Å². The van der Waals surface area contributed by atoms with Gasteiger partial charge in [-0.2, -0.15) is 0 Å². The normalized spacial score (nSPS) is 26.1. The van der Waals surface area contributed by atoms with Crippen LogP contribution in [-0.4, -0.2) is 83.3 Å². The van der Waals surface area contributed by atoms with Crippen molar-refractivity contribution in [3.8, 4) is 34.1 Å². The first-order valence-electron chi connectivity index (χ1n) is 14.7. The largest absolute Gasteiger partial charge is 0.505 e. The molecule has 0 amide bonds. The number of carbonyl (C=O) groups is 6. The molecule has 0 bridgehead atoms. The molecule has 0 aliphatic carbocycles. The highest BCUT2D eigenvalue weighted by Gasteiger charge is 2.61. The second kappa shape index (κ2) is 11.5. The smallest absolute Gasteiger partial charge is 0.354 e. The maximum Gasteiger partial charge on any atom is 0.354 e. The summed E-state index contributed by atoms with van der Waals surface area (Å²) in [5.41, 5.74) is -5.50. The van der Waals surface area contributed by atoms with Gasteiger partial charge in [0.25, 0.3) is 0 Å². The van der Waals surface area contributed by atoms with Crippen LogP contribution in [0.4, 0.5) is 0 Å². The Morgan fingerprint density at radius 3 is 1.33 bits per heavy atom. The van der Waals surface area contributed by atoms with Crippen LogP contribution in [0.25, 0.3) is 11.1 Å². The lowest BCUT2D eigenvalue weighted by Gasteiger charge is -2.41. The Kier molecular flexibility index (Phi) is 8.02. The summed E-state index contributed by atoms with van der Waals surface area (Å²) in [5, 5.41) is 21.7. The van der Waals surface area contributed by atoms with Crippen molar-refractivity contribution < 1.29 is 67.4 Å². The number of phenolic OH excluding ortho intramolecular Hbond substituents is 2. The second-order valence-corrected chi connectivity index (χ2v) is 12.7. The Balaban J connectivity index is 1.68. The number of hydrogen-bond donors (Lipinski definition) is 2. The number of carbonyl (C=O) groups excluding carboxylic acids is 6. The van der Waals surface area contributed by atoms with Gasteiger partial charge in [0.15, 0.2) is 23.8 Å². The molecule has 0 unspecified atom stereocenters. The number of benzene rings is 2. The topological polar surface area (TPSA) is 198 Å². The number of rotatable bonds is 5. The van der Waals surface area contributed by atoms with Gasteiger partial charge >= 0.3 is 23.9 Å². The molecule has 48 heavy (non-hydrogen) atoms. The molecule has 4 aliphatic heterocycles. The SMILES string of the molecule is COC(=O)[C@]1([C@@H]2CCC(=O)O2)CC(=O)c2c(O)c(Cl)c(C)c(-c3c(C)c(Cl)c(O)c4c3O[C@@](C(=O)OC)([C@@H]3CCC(=O)O3)CC4=O)c2O1. The number of halogens is 2. The van der Waals surface area contributed by atoms with Gasteiger partial charge in [0.05, 0.1) is 37.1 Å². The van der Waals surface area contributed by atoms with Crippen molar-refractivity contribution in [2.75, 3.05) is 14.2 Å². The molecule has 4 heterocycles. The van der Waals surface area contributed by atoms with E-state index in [9.17, 15) is 39.0 Å². The van der Waals surface area contributed by atoms with Gasteiger partial charge in [0, 0.05) is 24.0 Å². The van der Waals surface area contributed by atoms with Crippen LogP contribution >= 0.6 is 23.2 Å². The number of cyclic esters (lactones) is 2. The minimum Gasteiger partial charge on any atom is -0.505 e. The van der Waals surface area contributed by atoms with Crippen LogP contribution < -0.4 is 9.47 Å². The fraction of sp³-hybridized carbons (Fsp3) is 0.438. The zero-order chi connectivity index (χ0) is 35.0. The number of aromatic hydroxyl groups is 2. The number of ketones is 2. The minimum atomic E-state index is -2.22. The third-order valence-corrected chi connectivity index (χ3v) is 10.2. The summed E-state index contributed by atoms with van der Waals surface area (Å²) in [6, 6.07) is 0. The first-order chi connectivity index (χ1) is 22.6. The van der Waals surface area contributed by atoms with E-state index in [1.165, 1.54) is 13.8 Å². The van der Waals surface area contributed by atoms with E-state index in [0.717, 1.165) is 14.2 Å². The summed E-state index contributed by atoms with van der Waals surface area (Å²) < 4.78 is 33.5. The number of methoxy groups -OCH3 is 2. The van der Waals surface area contributed by atoms with Crippen LogP contribution in [0, 0.1) is 13.8 Å². The van der Waals surface area contributed by atoms with Crippen LogP contribution in [0.5, 0.6) is 23.0 Å². The number of esters is 4. The molecule has 2 fully saturated rings. The summed E-state index contributed by atoms with van der Waals surface area (Å²) in [5.74, 6) is -7.29. The van der Waals surface area contributed by atoms with Gasteiger partial charge in [-0.05, 0) is 37.8 Å². The highest BCUT2D eigenvalue weighted by molar-refractivity contribution is 6.36. The van der Waals surface area contributed by atoms with Gasteiger partial charge in [0.1, 0.15) is 34.1 Å². The van der Waals surface area contributed by atoms with Crippen LogP contribution in [-0.2, 0) is 38.1 Å². The van der Waals surface area contributed by atoms with E-state index in [4.69, 9.17) is 51.6 Å². The lowest BCUT2D eigenvalue weighted by Crippen LogP contribution is -2.58. The van der Waals surface area contributed by atoms with Crippen molar-refractivity contribution in [2.24, 2.45) is 0 Å². The van der Waals surface area contributed by atoms with E-state index in [2.05, 4.69) is 0 Å². The van der Waals surface area contributed by atoms with Gasteiger partial charge < -0.3 is 38.6 Å². The molecule has 0 aromatic heterocycles. The molecule has 2 aromatic rings. The lowest BCUT2D eigenvalue weighted by atomic mass is 9.79. The summed E-state index contributed by atoms with van der Waals surface area (Å²) in [6.45, 7) is 2.86. The van der Waals surface area contributed by atoms with Crippen molar-refractivity contribution >= 4 is 58.6 Å². The van der Waals surface area contributed by atoms with Crippen LogP contribution in [0.2, 0.25) is 10.0 Å². The molecule has 2 N–H and O–H groups in total. The Morgan fingerprint density at radius 2 is 1.04 bits per heavy atom. The third kappa shape index (κ3) is 4.60. The van der Waals surface area contributed by atoms with E-state index in [0.29, 0.717) is 0 Å². The summed E-state index contributed by atoms with van der Waals surface area (Å²) >= 11 is 13.2. The number of phenols is 2. The fourth-order valence-electron chi connectivity index (χ4n) is 6.92. The van der Waals surface area contributed by atoms with Crippen LogP contribution in [0.15, 0.2) is 0 Å². The van der Waals surface area contributed by atoms with E-state index in [1.54, 1.807) is 0 Å². The minimum absolute atomic E-state index is 0.0106. The maximum atomic E-state index is 13.9. The van der Waals surface area contributed by atoms with Gasteiger partial charge in [-0.25, -0.2) is 9.59 Å². The van der Waals surface area contributed by atoms with Gasteiger partial charge in [-0.3, -0.25) is 19.2 Å². The molecule has 254 valence electrons. The van der Waals surface area contributed by atoms with Crippen molar-refractivity contribution in [1.29, 1.82) is 0 Å². The Morgan fingerprint density at radius 1 is 0.688 bits per heavy atom. The highest BCUT2D eigenvalue weighted by atomic mass is 35.5. The second-order valence-electron chi connectivity index (χ2n) is 11.9. The summed E-state index contributed by atoms with van der Waals surface area (Å²) in [4.78, 5) is 79.0. The Hall–Kier alpha value is -4.56. The standard InChI is InChI=1S/C32H28Cl2O14/c1-11-19(27-21(25(39)23(11)33)13(35)9-31(47-27,29(41)43-3)15-5-7-17(37)45-15)20-12(2)24(34)26(40)22-14(36)10-32(30(42)44-4,48-28(20)22)16-6-8-18(38)46-16/h15-16,39-40H,5-10H2,1-4H3/t15-,16-,31+,32+/m0/s1. The lowest BCUT2D eigenvalue weighted by molar-refractivity contribution is -0.176. The number of fused-ring (bicyclic) bond motifs is 2. The zero-order valence-electron chi connectivity index (χ0n) is 25.9. The number of Topliss-reactive ketones (excluding diaryl/α,β-unsaturated/α-hetero) is 2. The van der Waals surface area contributed by atoms with Crippen molar-refractivity contribution in [3.63, 3.8) is 0 Å². The van der Waals surface area contributed by atoms with E-state index >= 15 is 0 Å². The van der Waals surface area contributed by atoms with Crippen molar-refractivity contribution in [3.05, 3.63) is 32.3 Å². The first-order valence-corrected chi connectivity index (χ1v) is 15.5. The number of ether oxygens (including phenoxy) is 6. The molecule has 0 saturated carbocycles. The molecule has 2 saturated heterocycles. The van der Waals surface area contributed by atoms with E-state index in [-0.39, 0.29) is 58.0 Å². The Bertz CT molecular complexity index is 1730. The third-order valence-electron chi connectivity index (χ3n) is 9.30. The number of hydrogen-bond acceptors (Lipinski definition) is 14. The molecule has 6 rings (SSSR count). The zero-order valence-corrected chi connectivity index (χ0v) is 27.5. The van der Waals surface area contributed by atoms with Gasteiger partial charge in [-0.15, -0.1) is 0 Å². The molecule has 2 aromatic carbocycles. The molecule has 4 aliphatic rings. The average molecular weight is 707 g/mol. The first kappa shape index (κ1) is 33.3. The van der Waals surface area contributed by atoms with Gasteiger partial charge in [0.2, 0.25) is 11.2 Å². The quantitative estimate of drug-likeness (QED) is 0.336. The van der Waals surface area contributed by atoms with Crippen LogP contribution in [0.1, 0.15) is 70.4 Å². The summed E-state index contributed by atoms with van der Waals surface area (Å²) in [7, 11) is 2.11. The van der Waals surface area contributed by atoms with Crippen molar-refractivity contribution in [1.82, 2.24) is 0 Å². The monoisotopic (exact) mass is 706 g/mol. The highest BCUT2D eigenvalue weighted by Crippen LogP contribution is 2.58. The molecule has 4 atom stereocenters. The fourth-order valence-corrected chi connectivity index (χ4v) is 7.29. The molecule has 0 spiro atoms. The molecule has 0 radical (unpaired) electrons. The molecular weight excluding hydrogens is 679 g/mol. The average Bonchev–Trinajstić information content (AvgIpc) is 3.71. The predicted molar refractivity (Wildman–Crippen MR) is 162 cm³/mol. The van der Waals surface area contributed by atoms with Crippen molar-refractivity contribution in [2.45, 2.75) is 75.8 Å². The predicted octanol–water partition coefficient (Wildman–Crippen LogP) is 3.85. The van der Waals surface area contributed by atoms with E-state index in [1.807, 2.05) is 0 Å². The summed E-state index contributed by atoms with van der Waals surface area (Å²) in [6.07, 6.45) is -4.16. The molecule has 14 nitrogen and oxygen atoms in total. The van der Waals surface area contributed by atoms with Crippen LogP contribution in [0.3, 0.4) is 0 Å². The Labute approximate surface area is 282 Å². The maximum absolute atomic E-state index is 13.9. The molecular formula is C32H28Cl2O14.